The van der Waals surface area contributed by atoms with E-state index in [0.717, 1.165) is 45.4 Å². The number of ether oxygens (including phenoxy) is 1. The van der Waals surface area contributed by atoms with Gasteiger partial charge in [-0.2, -0.15) is 0 Å². The normalized spacial score (nSPS) is 24.2. The maximum atomic E-state index is 12.1. The Balaban J connectivity index is 2.09. The van der Waals surface area contributed by atoms with E-state index in [1.54, 1.807) is 0 Å². The van der Waals surface area contributed by atoms with Gasteiger partial charge in [-0.1, -0.05) is 0 Å². The molecule has 0 bridgehead atoms. The Morgan fingerprint density at radius 1 is 1.39 bits per heavy atom. The van der Waals surface area contributed by atoms with E-state index in [-0.39, 0.29) is 11.4 Å². The summed E-state index contributed by atoms with van der Waals surface area (Å²) in [4.78, 5) is 12.1. The Kier molecular flexibility index (Phi) is 6.65. The van der Waals surface area contributed by atoms with Crippen LogP contribution in [0.25, 0.3) is 0 Å². The quantitative estimate of drug-likeness (QED) is 0.683. The minimum absolute atomic E-state index is 0.145. The molecule has 0 aromatic heterocycles. The largest absolute Gasteiger partial charge is 0.379 e. The summed E-state index contributed by atoms with van der Waals surface area (Å²) in [6.07, 6.45) is 5.53. The summed E-state index contributed by atoms with van der Waals surface area (Å²) in [5.74, 6) is 0.145. The molecular weight excluding hydrogens is 228 g/mol. The molecular formula is C14H28N2O2. The number of carbonyl (C=O) groups excluding carboxylic acids is 1. The molecule has 1 fully saturated rings. The second kappa shape index (κ2) is 7.74. The summed E-state index contributed by atoms with van der Waals surface area (Å²) < 4.78 is 5.46. The molecule has 106 valence electrons. The predicted octanol–water partition coefficient (Wildman–Crippen LogP) is 1.84. The Labute approximate surface area is 111 Å². The number of rotatable bonds is 7. The average molecular weight is 256 g/mol. The Morgan fingerprint density at radius 2 is 2.17 bits per heavy atom. The van der Waals surface area contributed by atoms with Crippen LogP contribution in [0.15, 0.2) is 0 Å². The number of hydrogen-bond acceptors (Lipinski definition) is 3. The molecule has 1 rings (SSSR count). The van der Waals surface area contributed by atoms with Gasteiger partial charge in [0.2, 0.25) is 5.91 Å². The van der Waals surface area contributed by atoms with Crippen molar-refractivity contribution in [1.82, 2.24) is 10.6 Å². The van der Waals surface area contributed by atoms with Crippen molar-refractivity contribution < 1.29 is 9.53 Å². The van der Waals surface area contributed by atoms with Gasteiger partial charge in [0.05, 0.1) is 11.6 Å². The summed E-state index contributed by atoms with van der Waals surface area (Å²) in [6, 6.07) is 0. The SMILES string of the molecule is CC(C)OCCCCNC(=O)C1(C)CCCCN1. The minimum Gasteiger partial charge on any atom is -0.379 e. The maximum Gasteiger partial charge on any atom is 0.240 e. The van der Waals surface area contributed by atoms with E-state index in [1.807, 2.05) is 20.8 Å². The lowest BCUT2D eigenvalue weighted by molar-refractivity contribution is -0.127. The molecule has 4 heteroatoms. The lowest BCUT2D eigenvalue weighted by Crippen LogP contribution is -2.57. The van der Waals surface area contributed by atoms with Gasteiger partial charge in [-0.25, -0.2) is 0 Å². The van der Waals surface area contributed by atoms with Gasteiger partial charge in [0, 0.05) is 13.2 Å². The third-order valence-corrected chi connectivity index (χ3v) is 3.43. The molecule has 1 atom stereocenters. The van der Waals surface area contributed by atoms with Gasteiger partial charge in [-0.15, -0.1) is 0 Å². The molecule has 0 aromatic rings. The van der Waals surface area contributed by atoms with E-state index in [0.29, 0.717) is 6.10 Å². The van der Waals surface area contributed by atoms with Crippen molar-refractivity contribution in [1.29, 1.82) is 0 Å². The first-order valence-electron chi connectivity index (χ1n) is 7.19. The van der Waals surface area contributed by atoms with Crippen LogP contribution >= 0.6 is 0 Å². The van der Waals surface area contributed by atoms with E-state index >= 15 is 0 Å². The average Bonchev–Trinajstić information content (AvgIpc) is 2.34. The van der Waals surface area contributed by atoms with Crippen LogP contribution in [0.4, 0.5) is 0 Å². The fourth-order valence-electron chi connectivity index (χ4n) is 2.19. The van der Waals surface area contributed by atoms with Crippen LogP contribution in [0, 0.1) is 0 Å². The van der Waals surface area contributed by atoms with Crippen molar-refractivity contribution in [3.8, 4) is 0 Å². The van der Waals surface area contributed by atoms with Crippen molar-refractivity contribution >= 4 is 5.91 Å². The third-order valence-electron chi connectivity index (χ3n) is 3.43. The van der Waals surface area contributed by atoms with E-state index in [2.05, 4.69) is 10.6 Å². The first-order valence-corrected chi connectivity index (χ1v) is 7.19. The van der Waals surface area contributed by atoms with Crippen LogP contribution in [0.1, 0.15) is 52.9 Å². The molecule has 0 radical (unpaired) electrons. The fourth-order valence-corrected chi connectivity index (χ4v) is 2.19. The predicted molar refractivity (Wildman–Crippen MR) is 73.6 cm³/mol. The highest BCUT2D eigenvalue weighted by Crippen LogP contribution is 2.18. The van der Waals surface area contributed by atoms with Gasteiger partial charge < -0.3 is 15.4 Å². The summed E-state index contributed by atoms with van der Waals surface area (Å²) >= 11 is 0. The van der Waals surface area contributed by atoms with E-state index < -0.39 is 0 Å². The summed E-state index contributed by atoms with van der Waals surface area (Å²) in [6.45, 7) is 8.56. The van der Waals surface area contributed by atoms with Crippen molar-refractivity contribution in [2.75, 3.05) is 19.7 Å². The van der Waals surface area contributed by atoms with Gasteiger partial charge in [-0.3, -0.25) is 4.79 Å². The number of piperidine rings is 1. The molecule has 0 spiro atoms. The monoisotopic (exact) mass is 256 g/mol. The summed E-state index contributed by atoms with van der Waals surface area (Å²) in [7, 11) is 0. The van der Waals surface area contributed by atoms with Gasteiger partial charge in [0.1, 0.15) is 0 Å². The number of unbranched alkanes of at least 4 members (excludes halogenated alkanes) is 1. The van der Waals surface area contributed by atoms with Gasteiger partial charge >= 0.3 is 0 Å². The zero-order valence-electron chi connectivity index (χ0n) is 12.1. The standard InChI is InChI=1S/C14H28N2O2/c1-12(2)18-11-7-6-9-15-13(17)14(3)8-4-5-10-16-14/h12,16H,4-11H2,1-3H3,(H,15,17). The fraction of sp³-hybridized carbons (Fsp3) is 0.929. The highest BCUT2D eigenvalue weighted by Gasteiger charge is 2.33. The van der Waals surface area contributed by atoms with Crippen LogP contribution < -0.4 is 10.6 Å². The lowest BCUT2D eigenvalue weighted by atomic mass is 9.90. The third kappa shape index (κ3) is 5.36. The van der Waals surface area contributed by atoms with Crippen molar-refractivity contribution in [3.63, 3.8) is 0 Å². The number of nitrogens with one attached hydrogen (secondary N) is 2. The van der Waals surface area contributed by atoms with Crippen LogP contribution in [0.2, 0.25) is 0 Å². The molecule has 1 unspecified atom stereocenters. The van der Waals surface area contributed by atoms with Crippen molar-refractivity contribution in [3.05, 3.63) is 0 Å². The molecule has 0 aliphatic carbocycles. The van der Waals surface area contributed by atoms with E-state index in [4.69, 9.17) is 4.74 Å². The summed E-state index contributed by atoms with van der Waals surface area (Å²) in [5, 5.41) is 6.35. The van der Waals surface area contributed by atoms with Crippen molar-refractivity contribution in [2.24, 2.45) is 0 Å². The minimum atomic E-state index is -0.354. The molecule has 1 amide bonds. The summed E-state index contributed by atoms with van der Waals surface area (Å²) in [5.41, 5.74) is -0.354. The second-order valence-corrected chi connectivity index (χ2v) is 5.60. The van der Waals surface area contributed by atoms with Gasteiger partial charge in [-0.05, 0) is 59.4 Å². The van der Waals surface area contributed by atoms with Crippen LogP contribution in [0.3, 0.4) is 0 Å². The van der Waals surface area contributed by atoms with Crippen LogP contribution in [-0.2, 0) is 9.53 Å². The van der Waals surface area contributed by atoms with Gasteiger partial charge in [0.25, 0.3) is 0 Å². The van der Waals surface area contributed by atoms with Gasteiger partial charge in [0.15, 0.2) is 0 Å². The Morgan fingerprint density at radius 3 is 2.78 bits per heavy atom. The van der Waals surface area contributed by atoms with Crippen molar-refractivity contribution in [2.45, 2.75) is 64.5 Å². The van der Waals surface area contributed by atoms with Crippen LogP contribution in [0.5, 0.6) is 0 Å². The topological polar surface area (TPSA) is 50.4 Å². The van der Waals surface area contributed by atoms with E-state index in [1.165, 1.54) is 6.42 Å². The highest BCUT2D eigenvalue weighted by molar-refractivity contribution is 5.85. The number of amides is 1. The maximum absolute atomic E-state index is 12.1. The molecule has 4 nitrogen and oxygen atoms in total. The molecule has 18 heavy (non-hydrogen) atoms. The molecule has 0 aromatic carbocycles. The molecule has 1 aliphatic rings. The first-order chi connectivity index (χ1) is 8.54. The molecule has 1 heterocycles. The lowest BCUT2D eigenvalue weighted by Gasteiger charge is -2.33. The molecule has 1 saturated heterocycles. The Hall–Kier alpha value is -0.610. The highest BCUT2D eigenvalue weighted by atomic mass is 16.5. The Bertz CT molecular complexity index is 248. The number of hydrogen-bond donors (Lipinski definition) is 2. The smallest absolute Gasteiger partial charge is 0.240 e. The van der Waals surface area contributed by atoms with Crippen LogP contribution in [-0.4, -0.2) is 37.2 Å². The zero-order valence-corrected chi connectivity index (χ0v) is 12.1. The zero-order chi connectivity index (χ0) is 13.4. The number of carbonyl (C=O) groups is 1. The first kappa shape index (κ1) is 15.4. The second-order valence-electron chi connectivity index (χ2n) is 5.60. The molecule has 0 saturated carbocycles. The van der Waals surface area contributed by atoms with E-state index in [9.17, 15) is 4.79 Å². The molecule has 1 aliphatic heterocycles. The molecule has 2 N–H and O–H groups in total.